The van der Waals surface area contributed by atoms with Crippen molar-refractivity contribution in [2.24, 2.45) is 0 Å². The molecule has 3 rings (SSSR count). The summed E-state index contributed by atoms with van der Waals surface area (Å²) in [7, 11) is 3.16. The summed E-state index contributed by atoms with van der Waals surface area (Å²) in [6.07, 6.45) is 1.95. The van der Waals surface area contributed by atoms with E-state index in [1.165, 1.54) is 0 Å². The Bertz CT molecular complexity index is 698. The summed E-state index contributed by atoms with van der Waals surface area (Å²) in [6.45, 7) is 0. The maximum absolute atomic E-state index is 11.4. The van der Waals surface area contributed by atoms with Crippen molar-refractivity contribution < 1.29 is 19.4 Å². The first-order valence-electron chi connectivity index (χ1n) is 6.87. The number of H-pyrrole nitrogens is 1. The molecule has 1 aliphatic heterocycles. The van der Waals surface area contributed by atoms with E-state index >= 15 is 0 Å². The number of carboxylic acids is 1. The molecule has 7 heteroatoms. The number of carboxylic acid groups (broad SMARTS) is 1. The lowest BCUT2D eigenvalue weighted by Crippen LogP contribution is -2.45. The maximum atomic E-state index is 11.4. The first kappa shape index (κ1) is 14.4. The fourth-order valence-corrected chi connectivity index (χ4v) is 2.75. The van der Waals surface area contributed by atoms with Gasteiger partial charge in [-0.15, -0.1) is 0 Å². The summed E-state index contributed by atoms with van der Waals surface area (Å²) in [5, 5.41) is 12.5. The van der Waals surface area contributed by atoms with Gasteiger partial charge in [-0.3, -0.25) is 10.1 Å². The third kappa shape index (κ3) is 2.39. The van der Waals surface area contributed by atoms with Crippen LogP contribution in [0.2, 0.25) is 0 Å². The van der Waals surface area contributed by atoms with Gasteiger partial charge < -0.3 is 19.6 Å². The van der Waals surface area contributed by atoms with Crippen molar-refractivity contribution >= 4 is 5.97 Å². The van der Waals surface area contributed by atoms with Crippen molar-refractivity contribution in [2.75, 3.05) is 14.2 Å². The lowest BCUT2D eigenvalue weighted by atomic mass is 9.93. The van der Waals surface area contributed by atoms with Crippen LogP contribution in [0.5, 0.6) is 11.5 Å². The smallest absolute Gasteiger partial charge is 0.321 e. The van der Waals surface area contributed by atoms with Crippen LogP contribution in [0.15, 0.2) is 24.5 Å². The summed E-state index contributed by atoms with van der Waals surface area (Å²) < 4.78 is 10.7. The van der Waals surface area contributed by atoms with Gasteiger partial charge in [-0.25, -0.2) is 4.98 Å². The Labute approximate surface area is 127 Å². The Hall–Kier alpha value is -2.54. The molecule has 2 heterocycles. The van der Waals surface area contributed by atoms with E-state index in [1.54, 1.807) is 32.7 Å². The summed E-state index contributed by atoms with van der Waals surface area (Å²) in [4.78, 5) is 18.7. The minimum Gasteiger partial charge on any atom is -0.497 e. The van der Waals surface area contributed by atoms with Gasteiger partial charge in [-0.1, -0.05) is 0 Å². The Balaban J connectivity index is 2.09. The Kier molecular flexibility index (Phi) is 3.72. The van der Waals surface area contributed by atoms with Crippen molar-refractivity contribution in [1.82, 2.24) is 15.3 Å². The normalized spacial score (nSPS) is 20.3. The Morgan fingerprint density at radius 3 is 2.86 bits per heavy atom. The third-order valence-corrected chi connectivity index (χ3v) is 3.85. The van der Waals surface area contributed by atoms with Gasteiger partial charge in [0, 0.05) is 17.7 Å². The highest BCUT2D eigenvalue weighted by atomic mass is 16.5. The highest BCUT2D eigenvalue weighted by Crippen LogP contribution is 2.36. The van der Waals surface area contributed by atoms with Crippen LogP contribution in [0, 0.1) is 0 Å². The fraction of sp³-hybridized carbons (Fsp3) is 0.333. The predicted octanol–water partition coefficient (Wildman–Crippen LogP) is 1.12. The molecule has 0 saturated carbocycles. The summed E-state index contributed by atoms with van der Waals surface area (Å²) in [6, 6.07) is 4.37. The number of benzene rings is 1. The summed E-state index contributed by atoms with van der Waals surface area (Å²) >= 11 is 0. The number of nitrogens with zero attached hydrogens (tertiary/aromatic N) is 1. The topological polar surface area (TPSA) is 96.5 Å². The van der Waals surface area contributed by atoms with E-state index in [2.05, 4.69) is 15.3 Å². The molecule has 2 atom stereocenters. The molecule has 22 heavy (non-hydrogen) atoms. The Morgan fingerprint density at radius 2 is 2.18 bits per heavy atom. The molecule has 0 aliphatic carbocycles. The van der Waals surface area contributed by atoms with Gasteiger partial charge in [0.1, 0.15) is 17.5 Å². The second-order valence-corrected chi connectivity index (χ2v) is 5.07. The minimum atomic E-state index is -0.896. The molecule has 1 aromatic carbocycles. The fourth-order valence-electron chi connectivity index (χ4n) is 2.75. The molecule has 0 bridgehead atoms. The van der Waals surface area contributed by atoms with E-state index in [9.17, 15) is 9.90 Å². The van der Waals surface area contributed by atoms with Crippen molar-refractivity contribution in [3.63, 3.8) is 0 Å². The average molecular weight is 303 g/mol. The van der Waals surface area contributed by atoms with Crippen LogP contribution in [0.25, 0.3) is 0 Å². The number of nitrogens with one attached hydrogen (secondary N) is 2. The van der Waals surface area contributed by atoms with Crippen molar-refractivity contribution in [3.8, 4) is 11.5 Å². The standard InChI is InChI=1S/C15H17N3O4/c1-21-8-3-4-12(22-2)9(5-8)13-14-10(16-7-17-14)6-11(18-13)15(19)20/h3-5,7,11,13,18H,6H2,1-2H3,(H,16,17)(H,19,20)/t11-,13-/m1/s1. The monoisotopic (exact) mass is 303 g/mol. The molecule has 0 amide bonds. The first-order valence-corrected chi connectivity index (χ1v) is 6.87. The highest BCUT2D eigenvalue weighted by molar-refractivity contribution is 5.74. The van der Waals surface area contributed by atoms with E-state index in [0.717, 1.165) is 17.0 Å². The molecule has 0 radical (unpaired) electrons. The largest absolute Gasteiger partial charge is 0.497 e. The molecule has 3 N–H and O–H groups in total. The number of methoxy groups -OCH3 is 2. The van der Waals surface area contributed by atoms with Crippen LogP contribution >= 0.6 is 0 Å². The molecular formula is C15H17N3O4. The molecule has 1 aliphatic rings. The van der Waals surface area contributed by atoms with E-state index in [4.69, 9.17) is 9.47 Å². The number of hydrogen-bond donors (Lipinski definition) is 3. The van der Waals surface area contributed by atoms with Gasteiger partial charge in [0.05, 0.1) is 32.3 Å². The van der Waals surface area contributed by atoms with E-state index in [1.807, 2.05) is 6.07 Å². The quantitative estimate of drug-likeness (QED) is 0.783. The molecule has 0 spiro atoms. The van der Waals surface area contributed by atoms with Crippen LogP contribution in [-0.2, 0) is 11.2 Å². The van der Waals surface area contributed by atoms with Gasteiger partial charge in [-0.05, 0) is 18.2 Å². The zero-order chi connectivity index (χ0) is 15.7. The van der Waals surface area contributed by atoms with Crippen molar-refractivity contribution in [2.45, 2.75) is 18.5 Å². The van der Waals surface area contributed by atoms with Crippen LogP contribution in [0.4, 0.5) is 0 Å². The lowest BCUT2D eigenvalue weighted by Gasteiger charge is -2.29. The SMILES string of the molecule is COc1ccc(OC)c([C@H]2N[C@@H](C(=O)O)Cc3[nH]cnc32)c1. The van der Waals surface area contributed by atoms with Crippen LogP contribution in [-0.4, -0.2) is 41.3 Å². The number of hydrogen-bond acceptors (Lipinski definition) is 5. The number of ether oxygens (including phenoxy) is 2. The second kappa shape index (κ2) is 5.69. The van der Waals surface area contributed by atoms with Crippen LogP contribution < -0.4 is 14.8 Å². The number of fused-ring (bicyclic) bond motifs is 1. The van der Waals surface area contributed by atoms with Crippen molar-refractivity contribution in [1.29, 1.82) is 0 Å². The molecule has 7 nitrogen and oxygen atoms in total. The zero-order valence-corrected chi connectivity index (χ0v) is 12.3. The molecular weight excluding hydrogens is 286 g/mol. The highest BCUT2D eigenvalue weighted by Gasteiger charge is 2.34. The predicted molar refractivity (Wildman–Crippen MR) is 78.2 cm³/mol. The van der Waals surface area contributed by atoms with Gasteiger partial charge >= 0.3 is 5.97 Å². The molecule has 0 fully saturated rings. The zero-order valence-electron chi connectivity index (χ0n) is 12.3. The van der Waals surface area contributed by atoms with E-state index in [0.29, 0.717) is 17.9 Å². The minimum absolute atomic E-state index is 0.369. The number of carbonyl (C=O) groups is 1. The molecule has 0 saturated heterocycles. The van der Waals surface area contributed by atoms with E-state index in [-0.39, 0.29) is 6.04 Å². The van der Waals surface area contributed by atoms with Gasteiger partial charge in [0.25, 0.3) is 0 Å². The molecule has 2 aromatic rings. The maximum Gasteiger partial charge on any atom is 0.321 e. The second-order valence-electron chi connectivity index (χ2n) is 5.07. The number of aromatic amines is 1. The van der Waals surface area contributed by atoms with Crippen LogP contribution in [0.1, 0.15) is 23.0 Å². The van der Waals surface area contributed by atoms with Gasteiger partial charge in [0.2, 0.25) is 0 Å². The molecule has 1 aromatic heterocycles. The summed E-state index contributed by atoms with van der Waals surface area (Å²) in [5.74, 6) is 0.428. The van der Waals surface area contributed by atoms with Gasteiger partial charge in [-0.2, -0.15) is 0 Å². The van der Waals surface area contributed by atoms with Crippen molar-refractivity contribution in [3.05, 3.63) is 41.5 Å². The number of aromatic nitrogens is 2. The van der Waals surface area contributed by atoms with Crippen LogP contribution in [0.3, 0.4) is 0 Å². The number of rotatable bonds is 4. The molecule has 116 valence electrons. The number of aliphatic carboxylic acids is 1. The summed E-state index contributed by atoms with van der Waals surface area (Å²) in [5.41, 5.74) is 2.39. The lowest BCUT2D eigenvalue weighted by molar-refractivity contribution is -0.139. The third-order valence-electron chi connectivity index (χ3n) is 3.85. The Morgan fingerprint density at radius 1 is 1.36 bits per heavy atom. The van der Waals surface area contributed by atoms with E-state index < -0.39 is 12.0 Å². The average Bonchev–Trinajstić information content (AvgIpc) is 3.01. The van der Waals surface area contributed by atoms with Gasteiger partial charge in [0.15, 0.2) is 0 Å². The first-order chi connectivity index (χ1) is 10.6. The number of imidazole rings is 1. The molecule has 0 unspecified atom stereocenters.